The summed E-state index contributed by atoms with van der Waals surface area (Å²) >= 11 is 0. The predicted molar refractivity (Wildman–Crippen MR) is 285 cm³/mol. The van der Waals surface area contributed by atoms with Gasteiger partial charge in [0.05, 0.1) is 40.7 Å². The van der Waals surface area contributed by atoms with E-state index in [0.29, 0.717) is 40.5 Å². The molecule has 0 bridgehead atoms. The number of carbonyl (C=O) groups is 1. The third kappa shape index (κ3) is 14.9. The molecule has 5 heterocycles. The molecule has 0 spiro atoms. The SMILES string of the molecule is CC(C)(C)C(=O)N1CCOCC1.CC(C)(C)C1=NS(=O)(=O)c2ccccc21.CC(C)(C)c1[nH]c(=O)nc2ccccc12.CC(C)(C)c1nc(=O)oc2cc(F)ccc12.CC(C)(C)c1nc(=O)oc2ccccc12. The van der Waals surface area contributed by atoms with E-state index in [-0.39, 0.29) is 44.3 Å². The highest BCUT2D eigenvalue weighted by Crippen LogP contribution is 2.34. The van der Waals surface area contributed by atoms with E-state index >= 15 is 0 Å². The van der Waals surface area contributed by atoms with E-state index < -0.39 is 27.4 Å². The summed E-state index contributed by atoms with van der Waals surface area (Å²) < 4.78 is 55.4. The highest BCUT2D eigenvalue weighted by Gasteiger charge is 2.34. The van der Waals surface area contributed by atoms with Gasteiger partial charge in [-0.2, -0.15) is 27.8 Å². The van der Waals surface area contributed by atoms with Crippen LogP contribution in [-0.2, 0) is 35.8 Å². The molecule has 0 saturated carbocycles. The van der Waals surface area contributed by atoms with Crippen LogP contribution >= 0.6 is 0 Å². The van der Waals surface area contributed by atoms with Gasteiger partial charge in [0.15, 0.2) is 0 Å². The lowest BCUT2D eigenvalue weighted by atomic mass is 9.86. The number of nitrogens with one attached hydrogen (secondary N) is 1. The number of hydrogen-bond donors (Lipinski definition) is 1. The van der Waals surface area contributed by atoms with Crippen molar-refractivity contribution >= 4 is 54.5 Å². The maximum Gasteiger partial charge on any atom is 0.439 e. The van der Waals surface area contributed by atoms with E-state index in [1.165, 1.54) is 12.1 Å². The van der Waals surface area contributed by atoms with Crippen LogP contribution < -0.4 is 17.2 Å². The van der Waals surface area contributed by atoms with E-state index in [1.807, 2.05) is 143 Å². The third-order valence-electron chi connectivity index (χ3n) is 11.2. The predicted octanol–water partition coefficient (Wildman–Crippen LogP) is 10.4. The van der Waals surface area contributed by atoms with Crippen molar-refractivity contribution in [1.29, 1.82) is 0 Å². The number of nitrogens with zero attached hydrogens (tertiary/aromatic N) is 5. The van der Waals surface area contributed by atoms with Gasteiger partial charge < -0.3 is 23.5 Å². The van der Waals surface area contributed by atoms with Crippen LogP contribution in [0.3, 0.4) is 0 Å². The summed E-state index contributed by atoms with van der Waals surface area (Å²) in [5, 5.41) is 2.60. The van der Waals surface area contributed by atoms with Crippen LogP contribution in [0.5, 0.6) is 0 Å². The number of halogens is 1. The first kappa shape index (κ1) is 57.2. The lowest BCUT2D eigenvalue weighted by molar-refractivity contribution is -0.143. The maximum atomic E-state index is 13.0. The second-order valence-corrected chi connectivity index (χ2v) is 24.4. The van der Waals surface area contributed by atoms with Crippen LogP contribution in [0, 0.1) is 16.6 Å². The van der Waals surface area contributed by atoms with Gasteiger partial charge in [-0.1, -0.05) is 152 Å². The average Bonchev–Trinajstić information content (AvgIpc) is 3.58. The Bertz CT molecular complexity index is 3330. The molecule has 0 atom stereocenters. The fourth-order valence-electron chi connectivity index (χ4n) is 7.78. The summed E-state index contributed by atoms with van der Waals surface area (Å²) in [6, 6.07) is 26.2. The number of para-hydroxylation sites is 2. The van der Waals surface area contributed by atoms with Crippen LogP contribution in [-0.4, -0.2) is 71.2 Å². The fraction of sp³-hybridized carbons (Fsp3) is 0.429. The highest BCUT2D eigenvalue weighted by atomic mass is 32.2. The second kappa shape index (κ2) is 22.2. The number of morpholine rings is 1. The molecule has 0 unspecified atom stereocenters. The molecule has 0 aliphatic carbocycles. The van der Waals surface area contributed by atoms with Crippen molar-refractivity contribution < 1.29 is 31.2 Å². The third-order valence-corrected chi connectivity index (χ3v) is 12.6. The van der Waals surface area contributed by atoms with Crippen LogP contribution in [0.15, 0.2) is 124 Å². The maximum absolute atomic E-state index is 13.0. The summed E-state index contributed by atoms with van der Waals surface area (Å²) in [7, 11) is -3.45. The number of ether oxygens (including phenoxy) is 1. The zero-order chi connectivity index (χ0) is 54.5. The zero-order valence-corrected chi connectivity index (χ0v) is 45.5. The van der Waals surface area contributed by atoms with Crippen LogP contribution in [0.2, 0.25) is 0 Å². The van der Waals surface area contributed by atoms with Gasteiger partial charge in [-0.25, -0.2) is 18.8 Å². The number of aromatic amines is 1. The number of fused-ring (bicyclic) bond motifs is 4. The van der Waals surface area contributed by atoms with Crippen LogP contribution in [0.4, 0.5) is 4.39 Å². The molecule has 2 aliphatic heterocycles. The summed E-state index contributed by atoms with van der Waals surface area (Å²) in [4.78, 5) is 62.4. The molecule has 73 heavy (non-hydrogen) atoms. The van der Waals surface area contributed by atoms with Gasteiger partial charge >= 0.3 is 17.2 Å². The molecule has 15 nitrogen and oxygen atoms in total. The van der Waals surface area contributed by atoms with Gasteiger partial charge in [0.2, 0.25) is 5.91 Å². The summed E-state index contributed by atoms with van der Waals surface area (Å²) in [6.45, 7) is 32.7. The van der Waals surface area contributed by atoms with Crippen molar-refractivity contribution in [2.75, 3.05) is 26.3 Å². The summed E-state index contributed by atoms with van der Waals surface area (Å²) in [6.07, 6.45) is 0. The van der Waals surface area contributed by atoms with E-state index in [2.05, 4.69) is 45.1 Å². The van der Waals surface area contributed by atoms with Gasteiger partial charge in [-0.3, -0.25) is 4.79 Å². The Kier molecular flexibility index (Phi) is 17.4. The van der Waals surface area contributed by atoms with Gasteiger partial charge in [-0.15, -0.1) is 0 Å². The number of H-pyrrole nitrogens is 1. The smallest absolute Gasteiger partial charge is 0.408 e. The molecule has 1 fully saturated rings. The molecule has 1 N–H and O–H groups in total. The Morgan fingerprint density at radius 1 is 0.603 bits per heavy atom. The van der Waals surface area contributed by atoms with Crippen molar-refractivity contribution in [1.82, 2.24) is 24.8 Å². The standard InChI is InChI=1S/C12H12FNO2.C12H14N2O.C12H13NO2.C11H13NO2S.C9H17NO2/c1-12(2,3)10-8-5-4-7(13)6-9(8)16-11(15)14-10;1-12(2,3)10-8-6-4-5-7-9(8)13-11(15)14-10;1-12(2,3)10-8-6-4-5-7-9(8)15-11(14)13-10;1-11(2,3)10-8-6-4-5-7-9(8)15(13,14)12-10;1-9(2,3)8(11)10-4-6-12-7-5-10/h4-6H,1-3H3;4-7H,1-3H3,(H,13,14,15);2*4-7H,1-3H3;4-7H2,1-3H3. The summed E-state index contributed by atoms with van der Waals surface area (Å²) in [5.74, 6) is -1.42. The molecule has 9 rings (SSSR count). The lowest BCUT2D eigenvalue weighted by Crippen LogP contribution is -2.45. The van der Waals surface area contributed by atoms with Crippen molar-refractivity contribution in [3.8, 4) is 0 Å². The minimum atomic E-state index is -3.45. The minimum Gasteiger partial charge on any atom is -0.408 e. The first-order valence-corrected chi connectivity index (χ1v) is 25.5. The van der Waals surface area contributed by atoms with Crippen LogP contribution in [0.1, 0.15) is 127 Å². The first-order chi connectivity index (χ1) is 33.7. The van der Waals surface area contributed by atoms with Gasteiger partial charge in [0.1, 0.15) is 17.0 Å². The van der Waals surface area contributed by atoms with Gasteiger partial charge in [-0.05, 0) is 36.4 Å². The Hall–Kier alpha value is -6.72. The lowest BCUT2D eigenvalue weighted by Gasteiger charge is -2.32. The monoisotopic (exact) mass is 1020 g/mol. The number of benzene rings is 4. The Morgan fingerprint density at radius 3 is 1.66 bits per heavy atom. The molecule has 1 amide bonds. The summed E-state index contributed by atoms with van der Waals surface area (Å²) in [5.41, 5.74) is 4.03. The molecule has 1 saturated heterocycles. The van der Waals surface area contributed by atoms with Crippen molar-refractivity contribution in [2.24, 2.45) is 15.2 Å². The van der Waals surface area contributed by atoms with E-state index in [1.54, 1.807) is 24.3 Å². The number of carbonyl (C=O) groups excluding carboxylic acids is 1. The van der Waals surface area contributed by atoms with E-state index in [4.69, 9.17) is 13.6 Å². The molecule has 7 aromatic rings. The van der Waals surface area contributed by atoms with E-state index in [9.17, 15) is 32.0 Å². The first-order valence-electron chi connectivity index (χ1n) is 24.0. The second-order valence-electron chi connectivity index (χ2n) is 22.8. The minimum absolute atomic E-state index is 0.0816. The fourth-order valence-corrected chi connectivity index (χ4v) is 9.18. The molecular formula is C56H69FN6O9S. The van der Waals surface area contributed by atoms with Crippen molar-refractivity contribution in [3.05, 3.63) is 151 Å². The molecular weight excluding hydrogens is 952 g/mol. The van der Waals surface area contributed by atoms with Gasteiger partial charge in [0, 0.05) is 73.6 Å². The molecule has 2 aliphatic rings. The molecule has 0 radical (unpaired) electrons. The topological polar surface area (TPSA) is 208 Å². The van der Waals surface area contributed by atoms with E-state index in [0.717, 1.165) is 46.3 Å². The largest absolute Gasteiger partial charge is 0.439 e. The molecule has 390 valence electrons. The molecule has 3 aromatic heterocycles. The zero-order valence-electron chi connectivity index (χ0n) is 44.7. The normalized spacial score (nSPS) is 14.5. The van der Waals surface area contributed by atoms with Crippen molar-refractivity contribution in [2.45, 2.75) is 125 Å². The average molecular weight is 1020 g/mol. The number of amides is 1. The Morgan fingerprint density at radius 2 is 1.11 bits per heavy atom. The number of aromatic nitrogens is 4. The number of hydrogen-bond acceptors (Lipinski definition) is 12. The van der Waals surface area contributed by atoms with Gasteiger partial charge in [0.25, 0.3) is 10.0 Å². The van der Waals surface area contributed by atoms with Crippen LogP contribution in [0.25, 0.3) is 32.8 Å². The Labute approximate surface area is 426 Å². The quantitative estimate of drug-likeness (QED) is 0.151. The molecule has 17 heteroatoms. The number of rotatable bonds is 0. The molecule has 4 aromatic carbocycles. The Balaban J connectivity index is 0.000000170. The number of sulfonamides is 1. The highest BCUT2D eigenvalue weighted by molar-refractivity contribution is 7.90. The van der Waals surface area contributed by atoms with Crippen molar-refractivity contribution in [3.63, 3.8) is 0 Å².